The van der Waals surface area contributed by atoms with E-state index in [-0.39, 0.29) is 17.6 Å². The average Bonchev–Trinajstić information content (AvgIpc) is 3.31. The molecule has 0 spiro atoms. The topological polar surface area (TPSA) is 44.6 Å². The first-order chi connectivity index (χ1) is 18.2. The molecule has 37 heavy (non-hydrogen) atoms. The minimum atomic E-state index is -0.253. The second kappa shape index (κ2) is 10.3. The Balaban J connectivity index is 1.15. The van der Waals surface area contributed by atoms with Crippen molar-refractivity contribution in [2.75, 3.05) is 44.2 Å². The molecule has 0 aliphatic carbocycles. The number of hydrogen-bond acceptors (Lipinski definition) is 4. The summed E-state index contributed by atoms with van der Waals surface area (Å²) in [6.45, 7) is 5.61. The van der Waals surface area contributed by atoms with Crippen molar-refractivity contribution < 1.29 is 9.18 Å². The van der Waals surface area contributed by atoms with Crippen molar-refractivity contribution in [2.45, 2.75) is 19.4 Å². The normalized spacial score (nSPS) is 18.9. The van der Waals surface area contributed by atoms with Gasteiger partial charge in [0.25, 0.3) is 0 Å². The lowest BCUT2D eigenvalue weighted by molar-refractivity contribution is -0.137. The maximum Gasteiger partial charge on any atom is 0.227 e. The smallest absolute Gasteiger partial charge is 0.227 e. The first-order valence-corrected chi connectivity index (χ1v) is 13.2. The van der Waals surface area contributed by atoms with Gasteiger partial charge in [0.15, 0.2) is 0 Å². The van der Waals surface area contributed by atoms with E-state index in [2.05, 4.69) is 43.5 Å². The molecule has 2 saturated heterocycles. The minimum absolute atomic E-state index is 0.0145. The Morgan fingerprint density at radius 1 is 0.838 bits per heavy atom. The number of anilines is 1. The van der Waals surface area contributed by atoms with Crippen LogP contribution in [0, 0.1) is 11.7 Å². The molecule has 2 fully saturated rings. The molecule has 1 atom stereocenters. The number of hydrogen-bond donors (Lipinski definition) is 0. The van der Waals surface area contributed by atoms with Crippen molar-refractivity contribution >= 4 is 22.6 Å². The number of amides is 1. The fourth-order valence-corrected chi connectivity index (χ4v) is 5.74. The highest BCUT2D eigenvalue weighted by Gasteiger charge is 2.31. The van der Waals surface area contributed by atoms with Crippen LogP contribution in [-0.4, -0.2) is 64.5 Å². The summed E-state index contributed by atoms with van der Waals surface area (Å²) in [5.74, 6) is 0.958. The van der Waals surface area contributed by atoms with Crippen molar-refractivity contribution in [3.05, 3.63) is 90.5 Å². The number of benzene rings is 3. The number of rotatable bonds is 5. The third kappa shape index (κ3) is 4.96. The molecule has 4 aromatic rings. The second-order valence-electron chi connectivity index (χ2n) is 10.1. The van der Waals surface area contributed by atoms with Crippen molar-refractivity contribution in [3.63, 3.8) is 0 Å². The first-order valence-electron chi connectivity index (χ1n) is 13.2. The van der Waals surface area contributed by atoms with E-state index < -0.39 is 0 Å². The molecule has 0 bridgehead atoms. The van der Waals surface area contributed by atoms with Gasteiger partial charge in [-0.25, -0.2) is 9.37 Å². The quantitative estimate of drug-likeness (QED) is 0.400. The van der Waals surface area contributed by atoms with E-state index in [4.69, 9.17) is 4.98 Å². The molecule has 1 aromatic heterocycles. The molecule has 6 rings (SSSR count). The lowest BCUT2D eigenvalue weighted by Crippen LogP contribution is -2.52. The van der Waals surface area contributed by atoms with Gasteiger partial charge >= 0.3 is 0 Å². The molecular weight excluding hydrogens is 465 g/mol. The highest BCUT2D eigenvalue weighted by atomic mass is 19.1. The second-order valence-corrected chi connectivity index (χ2v) is 10.1. The predicted molar refractivity (Wildman–Crippen MR) is 144 cm³/mol. The molecule has 2 aliphatic heterocycles. The molecule has 3 heterocycles. The SMILES string of the molecule is O=C([C@@H]1CCCN(Cc2nc3ccccc3n2-c2ccc(F)cc2)C1)N1CCN(c2ccccc2)CC1. The Hall–Kier alpha value is -3.71. The molecule has 0 saturated carbocycles. The van der Waals surface area contributed by atoms with Crippen LogP contribution in [0.15, 0.2) is 78.9 Å². The van der Waals surface area contributed by atoms with Crippen LogP contribution >= 0.6 is 0 Å². The maximum atomic E-state index is 13.6. The third-order valence-corrected chi connectivity index (χ3v) is 7.65. The van der Waals surface area contributed by atoms with Crippen molar-refractivity contribution in [1.82, 2.24) is 19.4 Å². The van der Waals surface area contributed by atoms with Gasteiger partial charge in [-0.15, -0.1) is 0 Å². The number of piperazine rings is 1. The highest BCUT2D eigenvalue weighted by molar-refractivity contribution is 5.80. The van der Waals surface area contributed by atoms with Gasteiger partial charge < -0.3 is 9.80 Å². The van der Waals surface area contributed by atoms with Gasteiger partial charge in [0, 0.05) is 44.1 Å². The van der Waals surface area contributed by atoms with Gasteiger partial charge in [0.2, 0.25) is 5.91 Å². The first kappa shape index (κ1) is 23.7. The van der Waals surface area contributed by atoms with Gasteiger partial charge in [-0.2, -0.15) is 0 Å². The van der Waals surface area contributed by atoms with Crippen molar-refractivity contribution in [2.24, 2.45) is 5.92 Å². The highest BCUT2D eigenvalue weighted by Crippen LogP contribution is 2.26. The lowest BCUT2D eigenvalue weighted by Gasteiger charge is -2.39. The van der Waals surface area contributed by atoms with E-state index in [0.29, 0.717) is 6.54 Å². The van der Waals surface area contributed by atoms with Crippen molar-refractivity contribution in [1.29, 1.82) is 0 Å². The number of fused-ring (bicyclic) bond motifs is 1. The number of piperidine rings is 1. The summed E-state index contributed by atoms with van der Waals surface area (Å²) in [6, 6.07) is 25.0. The molecule has 0 N–H and O–H groups in total. The van der Waals surface area contributed by atoms with E-state index in [1.165, 1.54) is 17.8 Å². The summed E-state index contributed by atoms with van der Waals surface area (Å²) in [4.78, 5) is 25.2. The Labute approximate surface area is 216 Å². The molecule has 3 aromatic carbocycles. The number of carbonyl (C=O) groups is 1. The van der Waals surface area contributed by atoms with Crippen LogP contribution in [0.1, 0.15) is 18.7 Å². The Morgan fingerprint density at radius 3 is 2.35 bits per heavy atom. The number of halogens is 1. The van der Waals surface area contributed by atoms with E-state index in [9.17, 15) is 9.18 Å². The average molecular weight is 498 g/mol. The largest absolute Gasteiger partial charge is 0.368 e. The summed E-state index contributed by atoms with van der Waals surface area (Å²) in [5, 5.41) is 0. The third-order valence-electron chi connectivity index (χ3n) is 7.65. The Kier molecular flexibility index (Phi) is 6.62. The molecule has 0 unspecified atom stereocenters. The van der Waals surface area contributed by atoms with Crippen molar-refractivity contribution in [3.8, 4) is 5.69 Å². The maximum absolute atomic E-state index is 13.6. The van der Waals surface area contributed by atoms with Crippen LogP contribution < -0.4 is 4.90 Å². The number of nitrogens with zero attached hydrogens (tertiary/aromatic N) is 5. The Morgan fingerprint density at radius 2 is 1.57 bits per heavy atom. The monoisotopic (exact) mass is 497 g/mol. The van der Waals surface area contributed by atoms with Gasteiger partial charge in [0.05, 0.1) is 23.5 Å². The van der Waals surface area contributed by atoms with Crippen LogP contribution in [0.3, 0.4) is 0 Å². The van der Waals surface area contributed by atoms with E-state index >= 15 is 0 Å². The van der Waals surface area contributed by atoms with Crippen LogP contribution in [0.25, 0.3) is 16.7 Å². The van der Waals surface area contributed by atoms with E-state index in [1.54, 1.807) is 12.1 Å². The number of para-hydroxylation sites is 3. The number of aromatic nitrogens is 2. The summed E-state index contributed by atoms with van der Waals surface area (Å²) >= 11 is 0. The van der Waals surface area contributed by atoms with Gasteiger partial charge in [-0.1, -0.05) is 30.3 Å². The minimum Gasteiger partial charge on any atom is -0.368 e. The molecule has 7 heteroatoms. The summed E-state index contributed by atoms with van der Waals surface area (Å²) < 4.78 is 15.7. The van der Waals surface area contributed by atoms with Crippen LogP contribution in [0.5, 0.6) is 0 Å². The molecule has 1 amide bonds. The lowest BCUT2D eigenvalue weighted by atomic mass is 9.96. The summed E-state index contributed by atoms with van der Waals surface area (Å²) in [5.41, 5.74) is 4.04. The van der Waals surface area contributed by atoms with Gasteiger partial charge in [-0.3, -0.25) is 14.3 Å². The van der Waals surface area contributed by atoms with Crippen LogP contribution in [0.2, 0.25) is 0 Å². The molecule has 0 radical (unpaired) electrons. The fraction of sp³-hybridized carbons (Fsp3) is 0.333. The van der Waals surface area contributed by atoms with Crippen LogP contribution in [-0.2, 0) is 11.3 Å². The zero-order valence-corrected chi connectivity index (χ0v) is 21.0. The van der Waals surface area contributed by atoms with E-state index in [1.807, 2.05) is 30.3 Å². The van der Waals surface area contributed by atoms with Gasteiger partial charge in [-0.05, 0) is 67.9 Å². The summed E-state index contributed by atoms with van der Waals surface area (Å²) in [7, 11) is 0. The summed E-state index contributed by atoms with van der Waals surface area (Å²) in [6.07, 6.45) is 1.93. The standard InChI is InChI=1S/C30H32FN5O/c31-24-12-14-26(15-13-24)36-28-11-5-4-10-27(28)32-29(36)22-33-16-6-7-23(21-33)30(37)35-19-17-34(18-20-35)25-8-2-1-3-9-25/h1-5,8-15,23H,6-7,16-22H2/t23-/m1/s1. The van der Waals surface area contributed by atoms with Crippen LogP contribution in [0.4, 0.5) is 10.1 Å². The zero-order valence-electron chi connectivity index (χ0n) is 21.0. The molecular formula is C30H32FN5O. The Bertz CT molecular complexity index is 1360. The number of imidazole rings is 1. The van der Waals surface area contributed by atoms with E-state index in [0.717, 1.165) is 74.7 Å². The molecule has 6 nitrogen and oxygen atoms in total. The predicted octanol–water partition coefficient (Wildman–Crippen LogP) is 4.73. The zero-order chi connectivity index (χ0) is 25.2. The number of likely N-dealkylation sites (tertiary alicyclic amines) is 1. The molecule has 2 aliphatic rings. The fourth-order valence-electron chi connectivity index (χ4n) is 5.74. The van der Waals surface area contributed by atoms with Gasteiger partial charge in [0.1, 0.15) is 11.6 Å². The molecule has 190 valence electrons. The number of carbonyl (C=O) groups excluding carboxylic acids is 1.